The number of ether oxygens (including phenoxy) is 1. The minimum Gasteiger partial charge on any atom is -0.373 e. The van der Waals surface area contributed by atoms with Crippen LogP contribution in [-0.4, -0.2) is 40.6 Å². The molecule has 1 unspecified atom stereocenters. The zero-order chi connectivity index (χ0) is 17.3. The van der Waals surface area contributed by atoms with Gasteiger partial charge >= 0.3 is 6.18 Å². The van der Waals surface area contributed by atoms with E-state index >= 15 is 0 Å². The molecule has 130 valence electrons. The molecule has 0 amide bonds. The summed E-state index contributed by atoms with van der Waals surface area (Å²) in [5.41, 5.74) is 0.197. The van der Waals surface area contributed by atoms with E-state index in [-0.39, 0.29) is 11.1 Å². The Balaban J connectivity index is 1.72. The number of morpholine rings is 1. The highest BCUT2D eigenvalue weighted by Gasteiger charge is 2.32. The lowest BCUT2D eigenvalue weighted by atomic mass is 10.2. The maximum atomic E-state index is 12.7. The second-order valence-electron chi connectivity index (χ2n) is 5.71. The molecule has 9 heteroatoms. The van der Waals surface area contributed by atoms with Crippen LogP contribution >= 0.6 is 11.6 Å². The second kappa shape index (κ2) is 6.60. The molecule has 0 spiro atoms. The van der Waals surface area contributed by atoms with Gasteiger partial charge in [-0.3, -0.25) is 4.68 Å². The first-order valence-corrected chi connectivity index (χ1v) is 7.79. The van der Waals surface area contributed by atoms with Crippen molar-refractivity contribution in [3.8, 4) is 0 Å². The van der Waals surface area contributed by atoms with Crippen LogP contribution < -0.4 is 4.90 Å². The number of aromatic nitrogens is 3. The van der Waals surface area contributed by atoms with Gasteiger partial charge in [0.05, 0.1) is 36.0 Å². The van der Waals surface area contributed by atoms with Crippen molar-refractivity contribution in [2.24, 2.45) is 0 Å². The minimum absolute atomic E-state index is 0.0135. The third-order valence-corrected chi connectivity index (χ3v) is 4.02. The molecule has 0 N–H and O–H groups in total. The molecule has 2 aromatic rings. The molecule has 1 atom stereocenters. The summed E-state index contributed by atoms with van der Waals surface area (Å²) in [5.74, 6) is 0.342. The van der Waals surface area contributed by atoms with E-state index in [0.29, 0.717) is 32.1 Å². The highest BCUT2D eigenvalue weighted by molar-refractivity contribution is 6.33. The number of pyridine rings is 1. The Hall–Kier alpha value is -1.80. The van der Waals surface area contributed by atoms with Crippen molar-refractivity contribution in [2.75, 3.05) is 24.6 Å². The van der Waals surface area contributed by atoms with Gasteiger partial charge in [-0.15, -0.1) is 0 Å². The summed E-state index contributed by atoms with van der Waals surface area (Å²) in [5, 5.41) is 4.20. The lowest BCUT2D eigenvalue weighted by Crippen LogP contribution is -2.44. The molecule has 0 saturated carbocycles. The van der Waals surface area contributed by atoms with Crippen molar-refractivity contribution < 1.29 is 17.9 Å². The van der Waals surface area contributed by atoms with E-state index in [9.17, 15) is 13.2 Å². The molecule has 1 aliphatic rings. The first-order valence-electron chi connectivity index (χ1n) is 7.41. The van der Waals surface area contributed by atoms with Crippen LogP contribution in [0.1, 0.15) is 11.1 Å². The number of nitrogens with zero attached hydrogens (tertiary/aromatic N) is 4. The van der Waals surface area contributed by atoms with E-state index in [4.69, 9.17) is 16.3 Å². The van der Waals surface area contributed by atoms with E-state index in [0.717, 1.165) is 17.8 Å². The Morgan fingerprint density at radius 2 is 2.17 bits per heavy atom. The fourth-order valence-corrected chi connectivity index (χ4v) is 2.90. The third kappa shape index (κ3) is 3.81. The molecule has 1 fully saturated rings. The number of halogens is 4. The standard InChI is InChI=1S/C15H16ClF3N4O/c1-10-5-21-23(7-10)9-12-8-22(2-3-24-12)14-13(16)4-11(6-20-14)15(17,18)19/h4-7,12H,2-3,8-9H2,1H3. The first-order chi connectivity index (χ1) is 11.3. The smallest absolute Gasteiger partial charge is 0.373 e. The summed E-state index contributed by atoms with van der Waals surface area (Å²) in [7, 11) is 0. The highest BCUT2D eigenvalue weighted by Crippen LogP contribution is 2.33. The van der Waals surface area contributed by atoms with Gasteiger partial charge in [-0.2, -0.15) is 18.3 Å². The van der Waals surface area contributed by atoms with Crippen molar-refractivity contribution in [1.82, 2.24) is 14.8 Å². The van der Waals surface area contributed by atoms with E-state index in [2.05, 4.69) is 10.1 Å². The van der Waals surface area contributed by atoms with Gasteiger partial charge in [-0.1, -0.05) is 11.6 Å². The van der Waals surface area contributed by atoms with E-state index in [1.165, 1.54) is 0 Å². The lowest BCUT2D eigenvalue weighted by molar-refractivity contribution is -0.137. The van der Waals surface area contributed by atoms with Gasteiger partial charge in [-0.05, 0) is 18.6 Å². The van der Waals surface area contributed by atoms with Crippen LogP contribution in [0.25, 0.3) is 0 Å². The quantitative estimate of drug-likeness (QED) is 0.843. The zero-order valence-electron chi connectivity index (χ0n) is 12.9. The van der Waals surface area contributed by atoms with Crippen LogP contribution in [0.3, 0.4) is 0 Å². The molecule has 0 aliphatic carbocycles. The molecular formula is C15H16ClF3N4O. The first kappa shape index (κ1) is 17.0. The molecule has 3 heterocycles. The van der Waals surface area contributed by atoms with Crippen molar-refractivity contribution in [1.29, 1.82) is 0 Å². The highest BCUT2D eigenvalue weighted by atomic mass is 35.5. The normalized spacial score (nSPS) is 18.9. The molecular weight excluding hydrogens is 345 g/mol. The van der Waals surface area contributed by atoms with E-state index < -0.39 is 11.7 Å². The van der Waals surface area contributed by atoms with Gasteiger partial charge in [0.2, 0.25) is 0 Å². The van der Waals surface area contributed by atoms with Gasteiger partial charge in [-0.25, -0.2) is 4.98 Å². The summed E-state index contributed by atoms with van der Waals surface area (Å²) in [6, 6.07) is 0.908. The second-order valence-corrected chi connectivity index (χ2v) is 6.11. The SMILES string of the molecule is Cc1cnn(CC2CN(c3ncc(C(F)(F)F)cc3Cl)CCO2)c1. The number of hydrogen-bond donors (Lipinski definition) is 0. The van der Waals surface area contributed by atoms with Crippen molar-refractivity contribution in [3.05, 3.63) is 40.8 Å². The third-order valence-electron chi connectivity index (χ3n) is 3.74. The number of anilines is 1. The summed E-state index contributed by atoms with van der Waals surface area (Å²) >= 11 is 6.02. The van der Waals surface area contributed by atoms with Crippen LogP contribution in [-0.2, 0) is 17.5 Å². The van der Waals surface area contributed by atoms with Crippen LogP contribution in [0.5, 0.6) is 0 Å². The number of hydrogen-bond acceptors (Lipinski definition) is 4. The Labute approximate surface area is 142 Å². The Bertz CT molecular complexity index is 719. The zero-order valence-corrected chi connectivity index (χ0v) is 13.7. The molecule has 0 bridgehead atoms. The topological polar surface area (TPSA) is 43.2 Å². The van der Waals surface area contributed by atoms with Crippen molar-refractivity contribution >= 4 is 17.4 Å². The minimum atomic E-state index is -4.46. The summed E-state index contributed by atoms with van der Waals surface area (Å²) in [6.07, 6.45) is -0.123. The van der Waals surface area contributed by atoms with E-state index in [1.54, 1.807) is 10.9 Å². The van der Waals surface area contributed by atoms with Crippen LogP contribution in [0, 0.1) is 6.92 Å². The average molecular weight is 361 g/mol. The Morgan fingerprint density at radius 1 is 1.38 bits per heavy atom. The molecule has 0 radical (unpaired) electrons. The predicted octanol–water partition coefficient (Wildman–Crippen LogP) is 3.16. The summed E-state index contributed by atoms with van der Waals surface area (Å²) < 4.78 is 45.6. The van der Waals surface area contributed by atoms with E-state index in [1.807, 2.05) is 18.0 Å². The number of rotatable bonds is 3. The molecule has 1 aliphatic heterocycles. The molecule has 1 saturated heterocycles. The van der Waals surface area contributed by atoms with Crippen molar-refractivity contribution in [2.45, 2.75) is 25.7 Å². The lowest BCUT2D eigenvalue weighted by Gasteiger charge is -2.34. The maximum Gasteiger partial charge on any atom is 0.417 e. The van der Waals surface area contributed by atoms with Crippen LogP contribution in [0.15, 0.2) is 24.7 Å². The maximum absolute atomic E-state index is 12.7. The van der Waals surface area contributed by atoms with Gasteiger partial charge in [0.1, 0.15) is 5.82 Å². The Morgan fingerprint density at radius 3 is 2.79 bits per heavy atom. The number of aryl methyl sites for hydroxylation is 1. The van der Waals surface area contributed by atoms with Crippen molar-refractivity contribution in [3.63, 3.8) is 0 Å². The van der Waals surface area contributed by atoms with Gasteiger partial charge in [0.15, 0.2) is 0 Å². The van der Waals surface area contributed by atoms with Gasteiger partial charge < -0.3 is 9.64 Å². The fraction of sp³-hybridized carbons (Fsp3) is 0.467. The van der Waals surface area contributed by atoms with Gasteiger partial charge in [0.25, 0.3) is 0 Å². The summed E-state index contributed by atoms with van der Waals surface area (Å²) in [6.45, 7) is 3.96. The monoisotopic (exact) mass is 360 g/mol. The van der Waals surface area contributed by atoms with Crippen LogP contribution in [0.2, 0.25) is 5.02 Å². The molecule has 0 aromatic carbocycles. The number of alkyl halides is 3. The molecule has 24 heavy (non-hydrogen) atoms. The summed E-state index contributed by atoms with van der Waals surface area (Å²) in [4.78, 5) is 5.75. The Kier molecular flexibility index (Phi) is 4.69. The van der Waals surface area contributed by atoms with Gasteiger partial charge in [0, 0.05) is 25.5 Å². The average Bonchev–Trinajstić information content (AvgIpc) is 2.91. The molecule has 2 aromatic heterocycles. The molecule has 5 nitrogen and oxygen atoms in total. The predicted molar refractivity (Wildman–Crippen MR) is 83.2 cm³/mol. The fourth-order valence-electron chi connectivity index (χ4n) is 2.62. The van der Waals surface area contributed by atoms with Crippen LogP contribution in [0.4, 0.5) is 19.0 Å². The molecule has 3 rings (SSSR count). The largest absolute Gasteiger partial charge is 0.417 e.